The van der Waals surface area contributed by atoms with E-state index in [0.717, 1.165) is 12.8 Å². The third-order valence-electron chi connectivity index (χ3n) is 5.93. The van der Waals surface area contributed by atoms with E-state index in [1.54, 1.807) is 5.56 Å². The summed E-state index contributed by atoms with van der Waals surface area (Å²) in [6, 6.07) is 6.89. The minimum atomic E-state index is -3.54. The highest BCUT2D eigenvalue weighted by atomic mass is 31.2. The topological polar surface area (TPSA) is 60.7 Å². The van der Waals surface area contributed by atoms with Gasteiger partial charge in [0, 0.05) is 0 Å². The van der Waals surface area contributed by atoms with E-state index in [-0.39, 0.29) is 17.0 Å². The third-order valence-corrected chi connectivity index (χ3v) is 6.84. The monoisotopic (exact) mass is 439 g/mol. The minimum Gasteiger partial charge on any atom is -0.193 e. The molecule has 174 valence electrons. The molecule has 0 aliphatic heterocycles. The highest BCUT2D eigenvalue weighted by Gasteiger charge is 2.28. The van der Waals surface area contributed by atoms with E-state index < -0.39 is 7.94 Å². The van der Waals surface area contributed by atoms with Crippen LogP contribution in [0, 0.1) is 0 Å². The van der Waals surface area contributed by atoms with Crippen LogP contribution in [0.1, 0.15) is 122 Å². The maximum atomic E-state index is 8.97. The third kappa shape index (κ3) is 11.2. The Morgan fingerprint density at radius 2 is 0.967 bits per heavy atom. The van der Waals surface area contributed by atoms with Gasteiger partial charge in [-0.2, -0.15) is 14.7 Å². The summed E-state index contributed by atoms with van der Waals surface area (Å²) in [6.45, 7) is 14.0. The number of rotatable bonds is 13. The lowest BCUT2D eigenvalue weighted by molar-refractivity contribution is 0.328. The quantitative estimate of drug-likeness (QED) is 0.221. The van der Waals surface area contributed by atoms with E-state index in [0.29, 0.717) is 6.42 Å². The molecule has 0 bridgehead atoms. The first-order valence-corrected chi connectivity index (χ1v) is 13.8. The van der Waals surface area contributed by atoms with Gasteiger partial charge >= 0.3 is 7.94 Å². The lowest BCUT2D eigenvalue weighted by Crippen LogP contribution is -2.21. The average Bonchev–Trinajstić information content (AvgIpc) is 2.60. The molecular weight excluding hydrogens is 391 g/mol. The molecule has 1 rings (SSSR count). The second-order valence-electron chi connectivity index (χ2n) is 11.0. The zero-order valence-corrected chi connectivity index (χ0v) is 21.4. The molecule has 0 heterocycles. The molecule has 0 aliphatic carbocycles. The molecule has 30 heavy (non-hydrogen) atoms. The minimum absolute atomic E-state index is 0.155. The molecule has 1 aromatic rings. The molecule has 0 saturated carbocycles. The van der Waals surface area contributed by atoms with Crippen LogP contribution in [0.3, 0.4) is 0 Å². The predicted octanol–water partition coefficient (Wildman–Crippen LogP) is 7.46. The first kappa shape index (κ1) is 27.6. The standard InChI is InChI=1S/C26H48O3P/c1-25(2,3)23-19-17-20-24(26(4,5)6)22(23)18-15-13-11-9-7-8-10-12-14-16-21-30(27,28)29/h17,19-20,27-29H,7-16,18,21H2,1-6H3/q+1. The normalized spacial score (nSPS) is 13.1. The molecule has 0 aliphatic rings. The fourth-order valence-electron chi connectivity index (χ4n) is 4.30. The Morgan fingerprint density at radius 1 is 0.600 bits per heavy atom. The van der Waals surface area contributed by atoms with E-state index in [1.807, 2.05) is 0 Å². The first-order valence-electron chi connectivity index (χ1n) is 12.0. The summed E-state index contributed by atoms with van der Waals surface area (Å²) in [4.78, 5) is 26.9. The Morgan fingerprint density at radius 3 is 1.33 bits per heavy atom. The molecule has 0 amide bonds. The largest absolute Gasteiger partial charge is 0.403 e. The lowest BCUT2D eigenvalue weighted by atomic mass is 9.75. The zero-order chi connectivity index (χ0) is 22.8. The maximum Gasteiger partial charge on any atom is 0.403 e. The second kappa shape index (κ2) is 12.5. The van der Waals surface area contributed by atoms with Crippen LogP contribution in [0.5, 0.6) is 0 Å². The Hall–Kier alpha value is -0.470. The van der Waals surface area contributed by atoms with E-state index in [9.17, 15) is 0 Å². The van der Waals surface area contributed by atoms with Crippen molar-refractivity contribution in [1.82, 2.24) is 0 Å². The van der Waals surface area contributed by atoms with Crippen LogP contribution < -0.4 is 0 Å². The maximum absolute atomic E-state index is 8.97. The molecule has 3 N–H and O–H groups in total. The molecule has 0 unspecified atom stereocenters. The van der Waals surface area contributed by atoms with Crippen molar-refractivity contribution in [1.29, 1.82) is 0 Å². The van der Waals surface area contributed by atoms with Gasteiger partial charge in [0.25, 0.3) is 0 Å². The Kier molecular flexibility index (Phi) is 11.5. The molecule has 0 fully saturated rings. The van der Waals surface area contributed by atoms with Crippen molar-refractivity contribution in [3.63, 3.8) is 0 Å². The predicted molar refractivity (Wildman–Crippen MR) is 132 cm³/mol. The molecule has 1 aromatic carbocycles. The van der Waals surface area contributed by atoms with Crippen LogP contribution in [0.2, 0.25) is 0 Å². The van der Waals surface area contributed by atoms with Crippen LogP contribution in [0.4, 0.5) is 0 Å². The van der Waals surface area contributed by atoms with Gasteiger partial charge in [-0.1, -0.05) is 105 Å². The summed E-state index contributed by atoms with van der Waals surface area (Å²) in [5, 5.41) is 0. The van der Waals surface area contributed by atoms with E-state index >= 15 is 0 Å². The molecule has 0 saturated heterocycles. The molecule has 0 radical (unpaired) electrons. The fourth-order valence-corrected chi connectivity index (χ4v) is 4.95. The summed E-state index contributed by atoms with van der Waals surface area (Å²) in [7, 11) is -3.54. The number of hydrogen-bond donors (Lipinski definition) is 3. The Bertz CT molecular complexity index is 574. The average molecular weight is 440 g/mol. The van der Waals surface area contributed by atoms with Crippen LogP contribution in [0.15, 0.2) is 18.2 Å². The van der Waals surface area contributed by atoms with Crippen molar-refractivity contribution in [2.45, 2.75) is 123 Å². The Labute approximate surface area is 186 Å². The van der Waals surface area contributed by atoms with Gasteiger partial charge in [0.2, 0.25) is 0 Å². The van der Waals surface area contributed by atoms with Gasteiger partial charge in [0.05, 0.1) is 0 Å². The summed E-state index contributed by atoms with van der Waals surface area (Å²) in [5.41, 5.74) is 4.98. The van der Waals surface area contributed by atoms with Gasteiger partial charge in [0.15, 0.2) is 0 Å². The Balaban J connectivity index is 2.30. The van der Waals surface area contributed by atoms with Crippen LogP contribution in [-0.4, -0.2) is 20.8 Å². The number of hydrogen-bond acceptors (Lipinski definition) is 3. The highest BCUT2D eigenvalue weighted by molar-refractivity contribution is 7.58. The van der Waals surface area contributed by atoms with Crippen molar-refractivity contribution in [3.05, 3.63) is 34.9 Å². The van der Waals surface area contributed by atoms with Gasteiger partial charge in [-0.25, -0.2) is 0 Å². The highest BCUT2D eigenvalue weighted by Crippen LogP contribution is 2.45. The van der Waals surface area contributed by atoms with Crippen molar-refractivity contribution in [2.24, 2.45) is 0 Å². The summed E-state index contributed by atoms with van der Waals surface area (Å²) < 4.78 is 0. The van der Waals surface area contributed by atoms with Gasteiger partial charge in [-0.15, -0.1) is 0 Å². The van der Waals surface area contributed by atoms with Gasteiger partial charge < -0.3 is 0 Å². The number of unbranched alkanes of at least 4 members (excludes halogenated alkanes) is 9. The van der Waals surface area contributed by atoms with Crippen molar-refractivity contribution < 1.29 is 14.7 Å². The van der Waals surface area contributed by atoms with Gasteiger partial charge in [0.1, 0.15) is 6.16 Å². The van der Waals surface area contributed by atoms with Crippen molar-refractivity contribution in [3.8, 4) is 0 Å². The molecule has 3 nitrogen and oxygen atoms in total. The summed E-state index contributed by atoms with van der Waals surface area (Å²) >= 11 is 0. The molecule has 4 heteroatoms. The van der Waals surface area contributed by atoms with Crippen LogP contribution in [0.25, 0.3) is 0 Å². The van der Waals surface area contributed by atoms with Gasteiger partial charge in [-0.3, -0.25) is 0 Å². The lowest BCUT2D eigenvalue weighted by Gasteiger charge is -2.30. The second-order valence-corrected chi connectivity index (χ2v) is 12.9. The molecule has 0 atom stereocenters. The van der Waals surface area contributed by atoms with E-state index in [2.05, 4.69) is 59.7 Å². The fraction of sp³-hybridized carbons (Fsp3) is 0.769. The zero-order valence-electron chi connectivity index (χ0n) is 20.5. The molecule has 0 aromatic heterocycles. The summed E-state index contributed by atoms with van der Waals surface area (Å²) in [5.74, 6) is 0. The van der Waals surface area contributed by atoms with Gasteiger partial charge in [-0.05, 0) is 53.2 Å². The van der Waals surface area contributed by atoms with Crippen LogP contribution in [-0.2, 0) is 17.3 Å². The van der Waals surface area contributed by atoms with E-state index in [4.69, 9.17) is 14.7 Å². The first-order chi connectivity index (χ1) is 13.8. The van der Waals surface area contributed by atoms with Crippen molar-refractivity contribution >= 4 is 7.94 Å². The smallest absolute Gasteiger partial charge is 0.193 e. The van der Waals surface area contributed by atoms with E-state index in [1.165, 1.54) is 62.5 Å². The number of benzene rings is 1. The SMILES string of the molecule is CC(C)(C)c1cccc(C(C)(C)C)c1CCCCCCCCCCCC[P+](O)(O)O. The van der Waals surface area contributed by atoms with Crippen LogP contribution >= 0.6 is 7.94 Å². The molecular formula is C26H48O3P+. The molecule has 0 spiro atoms. The van der Waals surface area contributed by atoms with Crippen molar-refractivity contribution in [2.75, 3.05) is 6.16 Å². The summed E-state index contributed by atoms with van der Waals surface area (Å²) in [6.07, 6.45) is 13.1.